The van der Waals surface area contributed by atoms with E-state index in [1.54, 1.807) is 7.11 Å². The SMILES string of the molecule is CCOc1cccc(CCCS)c1OC. The number of hydrogen-bond donors (Lipinski definition) is 1. The Morgan fingerprint density at radius 2 is 2.13 bits per heavy atom. The van der Waals surface area contributed by atoms with Gasteiger partial charge in [0.2, 0.25) is 0 Å². The molecular formula is C12H18O2S. The van der Waals surface area contributed by atoms with E-state index in [0.29, 0.717) is 6.61 Å². The Balaban J connectivity index is 2.88. The van der Waals surface area contributed by atoms with Crippen molar-refractivity contribution in [3.05, 3.63) is 23.8 Å². The molecule has 15 heavy (non-hydrogen) atoms. The average molecular weight is 226 g/mol. The summed E-state index contributed by atoms with van der Waals surface area (Å²) in [6.45, 7) is 2.63. The standard InChI is InChI=1S/C12H18O2S/c1-3-14-11-8-4-6-10(7-5-9-15)12(11)13-2/h4,6,8,15H,3,5,7,9H2,1-2H3. The second kappa shape index (κ2) is 6.62. The molecule has 3 heteroatoms. The lowest BCUT2D eigenvalue weighted by molar-refractivity contribution is 0.309. The van der Waals surface area contributed by atoms with Gasteiger partial charge >= 0.3 is 0 Å². The maximum absolute atomic E-state index is 5.50. The van der Waals surface area contributed by atoms with Crippen molar-refractivity contribution in [2.75, 3.05) is 19.5 Å². The Kier molecular flexibility index (Phi) is 5.40. The molecule has 0 bridgehead atoms. The van der Waals surface area contributed by atoms with Gasteiger partial charge in [-0.2, -0.15) is 12.6 Å². The second-order valence-corrected chi connectivity index (χ2v) is 3.66. The van der Waals surface area contributed by atoms with Gasteiger partial charge in [0.15, 0.2) is 11.5 Å². The Morgan fingerprint density at radius 3 is 2.73 bits per heavy atom. The number of methoxy groups -OCH3 is 1. The van der Waals surface area contributed by atoms with Crippen LogP contribution >= 0.6 is 12.6 Å². The van der Waals surface area contributed by atoms with E-state index in [-0.39, 0.29) is 0 Å². The van der Waals surface area contributed by atoms with Gasteiger partial charge in [0.1, 0.15) is 0 Å². The summed E-state index contributed by atoms with van der Waals surface area (Å²) in [5, 5.41) is 0. The van der Waals surface area contributed by atoms with Crippen LogP contribution in [0.15, 0.2) is 18.2 Å². The van der Waals surface area contributed by atoms with E-state index in [0.717, 1.165) is 30.1 Å². The molecule has 0 saturated heterocycles. The van der Waals surface area contributed by atoms with E-state index in [4.69, 9.17) is 9.47 Å². The van der Waals surface area contributed by atoms with Crippen molar-refractivity contribution in [3.63, 3.8) is 0 Å². The van der Waals surface area contributed by atoms with E-state index in [1.165, 1.54) is 5.56 Å². The molecule has 0 unspecified atom stereocenters. The Bertz CT molecular complexity index is 300. The number of hydrogen-bond acceptors (Lipinski definition) is 3. The minimum absolute atomic E-state index is 0.659. The molecule has 0 spiro atoms. The van der Waals surface area contributed by atoms with Crippen molar-refractivity contribution < 1.29 is 9.47 Å². The number of rotatable bonds is 6. The molecule has 0 radical (unpaired) electrons. The number of aryl methyl sites for hydroxylation is 1. The number of para-hydroxylation sites is 1. The van der Waals surface area contributed by atoms with Gasteiger partial charge in [-0.25, -0.2) is 0 Å². The third-order valence-electron chi connectivity index (χ3n) is 2.17. The third-order valence-corrected chi connectivity index (χ3v) is 2.48. The van der Waals surface area contributed by atoms with E-state index in [2.05, 4.69) is 18.7 Å². The van der Waals surface area contributed by atoms with Gasteiger partial charge in [0.05, 0.1) is 13.7 Å². The van der Waals surface area contributed by atoms with E-state index < -0.39 is 0 Å². The summed E-state index contributed by atoms with van der Waals surface area (Å²) in [4.78, 5) is 0. The highest BCUT2D eigenvalue weighted by molar-refractivity contribution is 7.80. The molecule has 1 rings (SSSR count). The highest BCUT2D eigenvalue weighted by Gasteiger charge is 2.08. The molecule has 0 aromatic heterocycles. The number of ether oxygens (including phenoxy) is 2. The topological polar surface area (TPSA) is 18.5 Å². The van der Waals surface area contributed by atoms with Gasteiger partial charge in [-0.1, -0.05) is 12.1 Å². The van der Waals surface area contributed by atoms with Gasteiger partial charge in [-0.15, -0.1) is 0 Å². The first-order chi connectivity index (χ1) is 7.33. The fourth-order valence-electron chi connectivity index (χ4n) is 1.53. The molecule has 0 heterocycles. The Morgan fingerprint density at radius 1 is 1.33 bits per heavy atom. The molecule has 0 atom stereocenters. The summed E-state index contributed by atoms with van der Waals surface area (Å²) in [7, 11) is 1.68. The van der Waals surface area contributed by atoms with Crippen molar-refractivity contribution in [3.8, 4) is 11.5 Å². The summed E-state index contributed by atoms with van der Waals surface area (Å²) in [6, 6.07) is 6.01. The normalized spacial score (nSPS) is 10.1. The maximum Gasteiger partial charge on any atom is 0.163 e. The molecule has 84 valence electrons. The summed E-state index contributed by atoms with van der Waals surface area (Å²) in [5.41, 5.74) is 1.19. The lowest BCUT2D eigenvalue weighted by Crippen LogP contribution is -1.99. The fourth-order valence-corrected chi connectivity index (χ4v) is 1.69. The Labute approximate surface area is 97.0 Å². The first kappa shape index (κ1) is 12.2. The lowest BCUT2D eigenvalue weighted by atomic mass is 10.1. The molecule has 0 aliphatic carbocycles. The van der Waals surface area contributed by atoms with Crippen molar-refractivity contribution in [1.29, 1.82) is 0 Å². The van der Waals surface area contributed by atoms with Gasteiger partial charge < -0.3 is 9.47 Å². The Hall–Kier alpha value is -0.830. The van der Waals surface area contributed by atoms with Crippen LogP contribution in [0, 0.1) is 0 Å². The molecule has 2 nitrogen and oxygen atoms in total. The van der Waals surface area contributed by atoms with Gasteiger partial charge in [0.25, 0.3) is 0 Å². The summed E-state index contributed by atoms with van der Waals surface area (Å²) >= 11 is 4.21. The van der Waals surface area contributed by atoms with Crippen LogP contribution in [0.25, 0.3) is 0 Å². The van der Waals surface area contributed by atoms with Crippen LogP contribution in [-0.2, 0) is 6.42 Å². The third kappa shape index (κ3) is 3.34. The predicted molar refractivity (Wildman–Crippen MR) is 66.3 cm³/mol. The molecular weight excluding hydrogens is 208 g/mol. The van der Waals surface area contributed by atoms with Crippen molar-refractivity contribution in [2.45, 2.75) is 19.8 Å². The maximum atomic E-state index is 5.50. The second-order valence-electron chi connectivity index (χ2n) is 3.21. The summed E-state index contributed by atoms with van der Waals surface area (Å²) in [5.74, 6) is 2.58. The summed E-state index contributed by atoms with van der Waals surface area (Å²) in [6.07, 6.45) is 2.03. The zero-order chi connectivity index (χ0) is 11.1. The zero-order valence-electron chi connectivity index (χ0n) is 9.32. The van der Waals surface area contributed by atoms with Crippen LogP contribution < -0.4 is 9.47 Å². The van der Waals surface area contributed by atoms with E-state index in [9.17, 15) is 0 Å². The zero-order valence-corrected chi connectivity index (χ0v) is 10.2. The van der Waals surface area contributed by atoms with Crippen LogP contribution in [0.4, 0.5) is 0 Å². The van der Waals surface area contributed by atoms with Crippen LogP contribution in [0.2, 0.25) is 0 Å². The molecule has 0 fully saturated rings. The van der Waals surface area contributed by atoms with Crippen molar-refractivity contribution >= 4 is 12.6 Å². The lowest BCUT2D eigenvalue weighted by Gasteiger charge is -2.13. The first-order valence-electron chi connectivity index (χ1n) is 5.23. The minimum atomic E-state index is 0.659. The van der Waals surface area contributed by atoms with Gasteiger partial charge in [0, 0.05) is 0 Å². The average Bonchev–Trinajstić information content (AvgIpc) is 2.27. The van der Waals surface area contributed by atoms with E-state index >= 15 is 0 Å². The van der Waals surface area contributed by atoms with Crippen LogP contribution in [-0.4, -0.2) is 19.5 Å². The fraction of sp³-hybridized carbons (Fsp3) is 0.500. The van der Waals surface area contributed by atoms with E-state index in [1.807, 2.05) is 19.1 Å². The van der Waals surface area contributed by atoms with Gasteiger partial charge in [-0.3, -0.25) is 0 Å². The molecule has 1 aromatic rings. The predicted octanol–water partition coefficient (Wildman–Crippen LogP) is 2.96. The van der Waals surface area contributed by atoms with Crippen LogP contribution in [0.5, 0.6) is 11.5 Å². The molecule has 0 N–H and O–H groups in total. The molecule has 0 saturated carbocycles. The van der Waals surface area contributed by atoms with Crippen molar-refractivity contribution in [1.82, 2.24) is 0 Å². The molecule has 0 amide bonds. The minimum Gasteiger partial charge on any atom is -0.493 e. The van der Waals surface area contributed by atoms with Crippen LogP contribution in [0.3, 0.4) is 0 Å². The first-order valence-corrected chi connectivity index (χ1v) is 5.86. The number of benzene rings is 1. The molecule has 0 aliphatic heterocycles. The van der Waals surface area contributed by atoms with Gasteiger partial charge in [-0.05, 0) is 37.1 Å². The quantitative estimate of drug-likeness (QED) is 0.752. The van der Waals surface area contributed by atoms with Crippen molar-refractivity contribution in [2.24, 2.45) is 0 Å². The smallest absolute Gasteiger partial charge is 0.163 e. The monoisotopic (exact) mass is 226 g/mol. The number of thiol groups is 1. The largest absolute Gasteiger partial charge is 0.493 e. The molecule has 1 aromatic carbocycles. The molecule has 0 aliphatic rings. The highest BCUT2D eigenvalue weighted by Crippen LogP contribution is 2.31. The van der Waals surface area contributed by atoms with Crippen LogP contribution in [0.1, 0.15) is 18.9 Å². The summed E-state index contributed by atoms with van der Waals surface area (Å²) < 4.78 is 10.9. The highest BCUT2D eigenvalue weighted by atomic mass is 32.1.